The topological polar surface area (TPSA) is 87.7 Å². The van der Waals surface area contributed by atoms with Gasteiger partial charge in [0.1, 0.15) is 6.04 Å². The van der Waals surface area contributed by atoms with Gasteiger partial charge in [0, 0.05) is 18.8 Å². The van der Waals surface area contributed by atoms with E-state index >= 15 is 0 Å². The third-order valence-electron chi connectivity index (χ3n) is 3.77. The molecule has 0 aliphatic carbocycles. The maximum atomic E-state index is 12.5. The van der Waals surface area contributed by atoms with Crippen LogP contribution in [0.3, 0.4) is 0 Å². The number of benzene rings is 1. The van der Waals surface area contributed by atoms with Crippen LogP contribution in [0.25, 0.3) is 0 Å². The summed E-state index contributed by atoms with van der Waals surface area (Å²) in [5.74, 6) is -0.725. The van der Waals surface area contributed by atoms with Crippen molar-refractivity contribution < 1.29 is 19.1 Å². The van der Waals surface area contributed by atoms with E-state index in [0.29, 0.717) is 18.8 Å². The Morgan fingerprint density at radius 1 is 1.42 bits per heavy atom. The molecule has 0 aromatic heterocycles. The zero-order valence-corrected chi connectivity index (χ0v) is 14.5. The van der Waals surface area contributed by atoms with E-state index in [1.54, 1.807) is 6.07 Å². The Labute approximate surface area is 145 Å². The standard InChI is InChI=1S/C16H20ClN3O4/c1-9(2)13-14(21)18-6-7-20(13)16(23)19-10-4-5-11(12(17)8-10)15(22)24-3/h4-5,8-9,13H,6-7H2,1-3H3,(H,18,21)(H,19,23)/t13-/m1/s1. The summed E-state index contributed by atoms with van der Waals surface area (Å²) in [5, 5.41) is 5.65. The first-order valence-electron chi connectivity index (χ1n) is 7.58. The molecule has 0 bridgehead atoms. The number of ether oxygens (including phenoxy) is 1. The lowest BCUT2D eigenvalue weighted by Gasteiger charge is -2.37. The summed E-state index contributed by atoms with van der Waals surface area (Å²) in [6.45, 7) is 4.61. The highest BCUT2D eigenvalue weighted by Gasteiger charge is 2.35. The maximum absolute atomic E-state index is 12.5. The van der Waals surface area contributed by atoms with E-state index in [2.05, 4.69) is 15.4 Å². The molecule has 2 N–H and O–H groups in total. The zero-order valence-electron chi connectivity index (χ0n) is 13.8. The van der Waals surface area contributed by atoms with Crippen molar-refractivity contribution in [1.82, 2.24) is 10.2 Å². The molecule has 1 aromatic carbocycles. The molecule has 1 heterocycles. The van der Waals surface area contributed by atoms with Crippen LogP contribution in [-0.2, 0) is 9.53 Å². The van der Waals surface area contributed by atoms with Gasteiger partial charge in [0.15, 0.2) is 0 Å². The van der Waals surface area contributed by atoms with E-state index in [1.165, 1.54) is 24.1 Å². The number of nitrogens with zero attached hydrogens (tertiary/aromatic N) is 1. The molecule has 1 aromatic rings. The smallest absolute Gasteiger partial charge is 0.339 e. The molecule has 0 radical (unpaired) electrons. The summed E-state index contributed by atoms with van der Waals surface area (Å²) in [6.07, 6.45) is 0. The minimum Gasteiger partial charge on any atom is -0.465 e. The highest BCUT2D eigenvalue weighted by molar-refractivity contribution is 6.34. The van der Waals surface area contributed by atoms with Crippen LogP contribution >= 0.6 is 11.6 Å². The lowest BCUT2D eigenvalue weighted by molar-refractivity contribution is -0.129. The molecule has 2 rings (SSSR count). The van der Waals surface area contributed by atoms with Gasteiger partial charge in [-0.05, 0) is 24.1 Å². The van der Waals surface area contributed by atoms with E-state index in [9.17, 15) is 14.4 Å². The van der Waals surface area contributed by atoms with Crippen molar-refractivity contribution in [2.75, 3.05) is 25.5 Å². The van der Waals surface area contributed by atoms with Gasteiger partial charge in [0.2, 0.25) is 5.91 Å². The minimum atomic E-state index is -0.551. The van der Waals surface area contributed by atoms with Crippen molar-refractivity contribution in [3.63, 3.8) is 0 Å². The summed E-state index contributed by atoms with van der Waals surface area (Å²) >= 11 is 6.04. The minimum absolute atomic E-state index is 0.0126. The quantitative estimate of drug-likeness (QED) is 0.815. The molecule has 1 aliphatic rings. The number of nitrogens with one attached hydrogen (secondary N) is 2. The van der Waals surface area contributed by atoms with Gasteiger partial charge in [0.05, 0.1) is 17.7 Å². The van der Waals surface area contributed by atoms with Crippen molar-refractivity contribution in [2.45, 2.75) is 19.9 Å². The average molecular weight is 354 g/mol. The number of piperazine rings is 1. The van der Waals surface area contributed by atoms with Crippen LogP contribution in [0, 0.1) is 5.92 Å². The first-order valence-corrected chi connectivity index (χ1v) is 7.96. The Hall–Kier alpha value is -2.28. The zero-order chi connectivity index (χ0) is 17.9. The number of anilines is 1. The first kappa shape index (κ1) is 18.1. The van der Waals surface area contributed by atoms with Gasteiger partial charge in [-0.1, -0.05) is 25.4 Å². The fraction of sp³-hybridized carbons (Fsp3) is 0.438. The van der Waals surface area contributed by atoms with Crippen LogP contribution < -0.4 is 10.6 Å². The number of rotatable bonds is 3. The predicted molar refractivity (Wildman–Crippen MR) is 90.2 cm³/mol. The monoisotopic (exact) mass is 353 g/mol. The molecule has 1 aliphatic heterocycles. The number of amides is 3. The molecule has 1 saturated heterocycles. The van der Waals surface area contributed by atoms with Gasteiger partial charge < -0.3 is 20.3 Å². The van der Waals surface area contributed by atoms with Gasteiger partial charge in [-0.25, -0.2) is 9.59 Å². The molecule has 1 fully saturated rings. The number of urea groups is 1. The van der Waals surface area contributed by atoms with Crippen molar-refractivity contribution in [3.8, 4) is 0 Å². The Kier molecular flexibility index (Phi) is 5.66. The van der Waals surface area contributed by atoms with E-state index in [1.807, 2.05) is 13.8 Å². The van der Waals surface area contributed by atoms with E-state index in [4.69, 9.17) is 11.6 Å². The van der Waals surface area contributed by atoms with Crippen molar-refractivity contribution in [1.29, 1.82) is 0 Å². The number of methoxy groups -OCH3 is 1. The summed E-state index contributed by atoms with van der Waals surface area (Å²) in [5.41, 5.74) is 0.653. The lowest BCUT2D eigenvalue weighted by atomic mass is 10.00. The predicted octanol–water partition coefficient (Wildman–Crippen LogP) is 2.11. The van der Waals surface area contributed by atoms with E-state index in [-0.39, 0.29) is 28.4 Å². The van der Waals surface area contributed by atoms with Gasteiger partial charge >= 0.3 is 12.0 Å². The molecule has 0 saturated carbocycles. The second-order valence-corrected chi connectivity index (χ2v) is 6.20. The Bertz CT molecular complexity index is 663. The normalized spacial score (nSPS) is 17.5. The number of hydrogen-bond acceptors (Lipinski definition) is 4. The first-order chi connectivity index (χ1) is 11.3. The van der Waals surface area contributed by atoms with Crippen LogP contribution in [0.15, 0.2) is 18.2 Å². The fourth-order valence-corrected chi connectivity index (χ4v) is 2.90. The number of esters is 1. The second-order valence-electron chi connectivity index (χ2n) is 5.79. The molecule has 0 spiro atoms. The number of hydrogen-bond donors (Lipinski definition) is 2. The van der Waals surface area contributed by atoms with Gasteiger partial charge in [0.25, 0.3) is 0 Å². The molecule has 8 heteroatoms. The van der Waals surface area contributed by atoms with Crippen LogP contribution in [0.2, 0.25) is 5.02 Å². The lowest BCUT2D eigenvalue weighted by Crippen LogP contribution is -2.60. The van der Waals surface area contributed by atoms with Crippen molar-refractivity contribution in [2.24, 2.45) is 5.92 Å². The SMILES string of the molecule is COC(=O)c1ccc(NC(=O)N2CCNC(=O)[C@H]2C(C)C)cc1Cl. The third kappa shape index (κ3) is 3.79. The van der Waals surface area contributed by atoms with Gasteiger partial charge in [-0.15, -0.1) is 0 Å². The van der Waals surface area contributed by atoms with Crippen LogP contribution in [0.1, 0.15) is 24.2 Å². The fourth-order valence-electron chi connectivity index (χ4n) is 2.64. The Morgan fingerprint density at radius 2 is 2.12 bits per heavy atom. The largest absolute Gasteiger partial charge is 0.465 e. The van der Waals surface area contributed by atoms with Crippen LogP contribution in [-0.4, -0.2) is 49.0 Å². The molecule has 0 unspecified atom stereocenters. The number of halogens is 1. The van der Waals surface area contributed by atoms with Crippen LogP contribution in [0.4, 0.5) is 10.5 Å². The van der Waals surface area contributed by atoms with Crippen LogP contribution in [0.5, 0.6) is 0 Å². The molecule has 24 heavy (non-hydrogen) atoms. The molecule has 7 nitrogen and oxygen atoms in total. The summed E-state index contributed by atoms with van der Waals surface area (Å²) in [6, 6.07) is 3.60. The average Bonchev–Trinajstić information content (AvgIpc) is 2.53. The molecule has 3 amide bonds. The molecule has 130 valence electrons. The Balaban J connectivity index is 2.15. The van der Waals surface area contributed by atoms with Gasteiger partial charge in [-0.3, -0.25) is 4.79 Å². The van der Waals surface area contributed by atoms with Crippen molar-refractivity contribution in [3.05, 3.63) is 28.8 Å². The summed E-state index contributed by atoms with van der Waals surface area (Å²) in [7, 11) is 1.27. The summed E-state index contributed by atoms with van der Waals surface area (Å²) < 4.78 is 4.62. The Morgan fingerprint density at radius 3 is 2.71 bits per heavy atom. The third-order valence-corrected chi connectivity index (χ3v) is 4.09. The molecular formula is C16H20ClN3O4. The number of carbonyl (C=O) groups excluding carboxylic acids is 3. The maximum Gasteiger partial charge on any atom is 0.339 e. The summed E-state index contributed by atoms with van der Waals surface area (Å²) in [4.78, 5) is 37.5. The van der Waals surface area contributed by atoms with Crippen molar-refractivity contribution >= 4 is 35.2 Å². The molecular weight excluding hydrogens is 334 g/mol. The van der Waals surface area contributed by atoms with E-state index in [0.717, 1.165) is 0 Å². The highest BCUT2D eigenvalue weighted by atomic mass is 35.5. The molecule has 1 atom stereocenters. The van der Waals surface area contributed by atoms with E-state index < -0.39 is 12.0 Å². The second kappa shape index (κ2) is 7.53. The highest BCUT2D eigenvalue weighted by Crippen LogP contribution is 2.23. The number of carbonyl (C=O) groups is 3. The van der Waals surface area contributed by atoms with Gasteiger partial charge in [-0.2, -0.15) is 0 Å².